The van der Waals surface area contributed by atoms with Crippen molar-refractivity contribution in [3.8, 4) is 11.5 Å². The van der Waals surface area contributed by atoms with E-state index >= 15 is 0 Å². The lowest BCUT2D eigenvalue weighted by Gasteiger charge is -2.43. The van der Waals surface area contributed by atoms with Gasteiger partial charge in [-0.1, -0.05) is 6.07 Å². The van der Waals surface area contributed by atoms with Gasteiger partial charge < -0.3 is 26.4 Å². The average Bonchev–Trinajstić information content (AvgIpc) is 2.48. The molecule has 1 aromatic carbocycles. The molecule has 124 valence electrons. The highest BCUT2D eigenvalue weighted by atomic mass is 16.3. The molecule has 1 aliphatic heterocycles. The molecule has 6 N–H and O–H groups in total. The van der Waals surface area contributed by atoms with E-state index in [-0.39, 0.29) is 23.3 Å². The van der Waals surface area contributed by atoms with Crippen LogP contribution in [0.25, 0.3) is 0 Å². The fourth-order valence-corrected chi connectivity index (χ4v) is 3.74. The summed E-state index contributed by atoms with van der Waals surface area (Å²) in [5, 5.41) is 32.9. The largest absolute Gasteiger partial charge is 0.504 e. The Morgan fingerprint density at radius 1 is 1.26 bits per heavy atom. The molecule has 3 rings (SSSR count). The van der Waals surface area contributed by atoms with Crippen molar-refractivity contribution in [1.82, 2.24) is 5.32 Å². The van der Waals surface area contributed by atoms with Crippen LogP contribution in [0.5, 0.6) is 11.5 Å². The van der Waals surface area contributed by atoms with Crippen LogP contribution < -0.4 is 11.1 Å². The smallest absolute Gasteiger partial charge is 0.161 e. The van der Waals surface area contributed by atoms with E-state index in [1.54, 1.807) is 13.0 Å². The number of carbonyl (C=O) groups excluding carboxylic acids is 1. The third-order valence-corrected chi connectivity index (χ3v) is 4.80. The Kier molecular flexibility index (Phi) is 4.04. The molecule has 0 bridgehead atoms. The molecule has 1 aromatic rings. The van der Waals surface area contributed by atoms with Crippen molar-refractivity contribution in [3.05, 3.63) is 35.0 Å². The number of aliphatic hydroxyl groups excluding tert-OH is 1. The van der Waals surface area contributed by atoms with Gasteiger partial charge in [-0.2, -0.15) is 0 Å². The van der Waals surface area contributed by atoms with Gasteiger partial charge in [-0.3, -0.25) is 4.79 Å². The fourth-order valence-electron chi connectivity index (χ4n) is 3.74. The fraction of sp³-hybridized carbons (Fsp3) is 0.471. The summed E-state index contributed by atoms with van der Waals surface area (Å²) in [7, 11) is 0. The number of hydrogen-bond acceptors (Lipinski definition) is 6. The number of aliphatic hydroxyl groups is 1. The minimum Gasteiger partial charge on any atom is -0.504 e. The molecule has 1 aliphatic carbocycles. The molecule has 0 spiro atoms. The number of allylic oxidation sites excluding steroid dienone is 2. The molecule has 6 nitrogen and oxygen atoms in total. The van der Waals surface area contributed by atoms with Gasteiger partial charge in [-0.15, -0.1) is 0 Å². The predicted octanol–water partition coefficient (Wildman–Crippen LogP) is 1.07. The van der Waals surface area contributed by atoms with Crippen LogP contribution >= 0.6 is 0 Å². The zero-order chi connectivity index (χ0) is 16.7. The highest BCUT2D eigenvalue weighted by Gasteiger charge is 2.43. The molecule has 1 heterocycles. The maximum Gasteiger partial charge on any atom is 0.161 e. The van der Waals surface area contributed by atoms with Crippen molar-refractivity contribution < 1.29 is 20.1 Å². The number of rotatable bonds is 2. The summed E-state index contributed by atoms with van der Waals surface area (Å²) in [6.07, 6.45) is 1.08. The van der Waals surface area contributed by atoms with Gasteiger partial charge in [0.25, 0.3) is 0 Å². The summed E-state index contributed by atoms with van der Waals surface area (Å²) in [5.74, 6) is -1.22. The summed E-state index contributed by atoms with van der Waals surface area (Å²) in [4.78, 5) is 12.5. The Balaban J connectivity index is 2.16. The molecule has 0 saturated heterocycles. The summed E-state index contributed by atoms with van der Waals surface area (Å²) in [6.45, 7) is 1.79. The molecule has 4 atom stereocenters. The third kappa shape index (κ3) is 2.68. The van der Waals surface area contributed by atoms with Gasteiger partial charge in [0, 0.05) is 35.6 Å². The highest BCUT2D eigenvalue weighted by molar-refractivity contribution is 5.98. The zero-order valence-electron chi connectivity index (χ0n) is 13.0. The second-order valence-corrected chi connectivity index (χ2v) is 6.42. The monoisotopic (exact) mass is 318 g/mol. The number of phenols is 2. The second-order valence-electron chi connectivity index (χ2n) is 6.42. The molecule has 0 fully saturated rings. The Labute approximate surface area is 134 Å². The molecule has 0 saturated carbocycles. The third-order valence-electron chi connectivity index (χ3n) is 4.80. The van der Waals surface area contributed by atoms with Gasteiger partial charge in [0.05, 0.1) is 0 Å². The van der Waals surface area contributed by atoms with Gasteiger partial charge in [0.2, 0.25) is 0 Å². The maximum absolute atomic E-state index is 12.5. The lowest BCUT2D eigenvalue weighted by atomic mass is 9.70. The SMILES string of the molecule is CC(N)C1C(O)NC2=C(C(=O)CCC2)C1c1ccc(O)c(O)c1. The molecule has 23 heavy (non-hydrogen) atoms. The quantitative estimate of drug-likeness (QED) is 0.521. The van der Waals surface area contributed by atoms with E-state index in [0.29, 0.717) is 24.0 Å². The van der Waals surface area contributed by atoms with Crippen molar-refractivity contribution in [2.24, 2.45) is 11.7 Å². The minimum atomic E-state index is -0.861. The van der Waals surface area contributed by atoms with Crippen LogP contribution in [0.3, 0.4) is 0 Å². The van der Waals surface area contributed by atoms with E-state index in [9.17, 15) is 20.1 Å². The van der Waals surface area contributed by atoms with Crippen LogP contribution in [0.2, 0.25) is 0 Å². The number of ketones is 1. The van der Waals surface area contributed by atoms with Crippen LogP contribution in [-0.4, -0.2) is 33.4 Å². The Morgan fingerprint density at radius 3 is 2.65 bits per heavy atom. The first-order chi connectivity index (χ1) is 10.9. The first kappa shape index (κ1) is 15.8. The van der Waals surface area contributed by atoms with E-state index < -0.39 is 18.1 Å². The number of aromatic hydroxyl groups is 2. The van der Waals surface area contributed by atoms with Gasteiger partial charge in [0.15, 0.2) is 17.3 Å². The molecule has 0 amide bonds. The summed E-state index contributed by atoms with van der Waals surface area (Å²) >= 11 is 0. The van der Waals surface area contributed by atoms with Crippen molar-refractivity contribution in [3.63, 3.8) is 0 Å². The van der Waals surface area contributed by atoms with Crippen LogP contribution in [0, 0.1) is 5.92 Å². The number of Topliss-reactive ketones (excluding diaryl/α,β-unsaturated/α-hetero) is 1. The van der Waals surface area contributed by atoms with Crippen molar-refractivity contribution >= 4 is 5.78 Å². The zero-order valence-corrected chi connectivity index (χ0v) is 13.0. The highest BCUT2D eigenvalue weighted by Crippen LogP contribution is 2.44. The van der Waals surface area contributed by atoms with Crippen LogP contribution in [-0.2, 0) is 4.79 Å². The van der Waals surface area contributed by atoms with E-state index in [1.165, 1.54) is 12.1 Å². The van der Waals surface area contributed by atoms with Crippen molar-refractivity contribution in [2.45, 2.75) is 44.4 Å². The number of hydrogen-bond donors (Lipinski definition) is 5. The molecule has 0 aromatic heterocycles. The van der Waals surface area contributed by atoms with Crippen LogP contribution in [0.15, 0.2) is 29.5 Å². The van der Waals surface area contributed by atoms with E-state index in [4.69, 9.17) is 5.73 Å². The topological polar surface area (TPSA) is 116 Å². The molecule has 2 aliphatic rings. The Bertz CT molecular complexity index is 669. The molecule has 4 unspecified atom stereocenters. The van der Waals surface area contributed by atoms with Crippen LogP contribution in [0.1, 0.15) is 37.7 Å². The minimum absolute atomic E-state index is 0.0499. The van der Waals surface area contributed by atoms with Gasteiger partial charge >= 0.3 is 0 Å². The van der Waals surface area contributed by atoms with Crippen LogP contribution in [0.4, 0.5) is 0 Å². The number of nitrogens with one attached hydrogen (secondary N) is 1. The van der Waals surface area contributed by atoms with E-state index in [2.05, 4.69) is 5.32 Å². The van der Waals surface area contributed by atoms with E-state index in [1.807, 2.05) is 0 Å². The number of phenolic OH excluding ortho intramolecular Hbond substituents is 2. The standard InChI is InChI=1S/C17H22N2O4/c1-8(18)14-15(9-5-6-11(20)13(22)7-9)16-10(19-17(14)23)3-2-4-12(16)21/h5-8,14-15,17,19-20,22-23H,2-4,18H2,1H3. The van der Waals surface area contributed by atoms with E-state index in [0.717, 1.165) is 12.1 Å². The lowest BCUT2D eigenvalue weighted by Crippen LogP contribution is -2.52. The summed E-state index contributed by atoms with van der Waals surface area (Å²) in [5.41, 5.74) is 8.16. The normalized spacial score (nSPS) is 29.0. The molecule has 6 heteroatoms. The maximum atomic E-state index is 12.5. The Hall–Kier alpha value is -2.05. The molecule has 0 radical (unpaired) electrons. The Morgan fingerprint density at radius 2 is 2.00 bits per heavy atom. The predicted molar refractivity (Wildman–Crippen MR) is 84.7 cm³/mol. The first-order valence-corrected chi connectivity index (χ1v) is 7.88. The molecular weight excluding hydrogens is 296 g/mol. The lowest BCUT2D eigenvalue weighted by molar-refractivity contribution is -0.117. The van der Waals surface area contributed by atoms with Gasteiger partial charge in [0.1, 0.15) is 6.23 Å². The average molecular weight is 318 g/mol. The number of nitrogens with two attached hydrogens (primary N) is 1. The first-order valence-electron chi connectivity index (χ1n) is 7.88. The molecular formula is C17H22N2O4. The van der Waals surface area contributed by atoms with Crippen molar-refractivity contribution in [2.75, 3.05) is 0 Å². The summed E-state index contributed by atoms with van der Waals surface area (Å²) < 4.78 is 0. The second kappa shape index (κ2) is 5.86. The van der Waals surface area contributed by atoms with Gasteiger partial charge in [-0.25, -0.2) is 0 Å². The van der Waals surface area contributed by atoms with Gasteiger partial charge in [-0.05, 0) is 37.5 Å². The number of benzene rings is 1. The number of carbonyl (C=O) groups is 1. The summed E-state index contributed by atoms with van der Waals surface area (Å²) in [6, 6.07) is 4.15. The van der Waals surface area contributed by atoms with Crippen molar-refractivity contribution in [1.29, 1.82) is 0 Å².